The van der Waals surface area contributed by atoms with Gasteiger partial charge in [0, 0.05) is 18.8 Å². The van der Waals surface area contributed by atoms with Gasteiger partial charge in [0.25, 0.3) is 0 Å². The van der Waals surface area contributed by atoms with Crippen LogP contribution in [-0.4, -0.2) is 23.0 Å². The van der Waals surface area contributed by atoms with E-state index in [1.165, 1.54) is 12.8 Å². The largest absolute Gasteiger partial charge is 0.398 e. The van der Waals surface area contributed by atoms with Crippen molar-refractivity contribution in [3.8, 4) is 0 Å². The zero-order chi connectivity index (χ0) is 11.4. The van der Waals surface area contributed by atoms with Crippen LogP contribution in [0.15, 0.2) is 36.4 Å². The van der Waals surface area contributed by atoms with Gasteiger partial charge in [0.05, 0.1) is 0 Å². The Morgan fingerprint density at radius 3 is 2.44 bits per heavy atom. The highest BCUT2D eigenvalue weighted by atomic mass is 32.1. The normalized spacial score (nSPS) is 16.5. The van der Waals surface area contributed by atoms with Crippen molar-refractivity contribution in [3.05, 3.63) is 42.0 Å². The van der Waals surface area contributed by atoms with Gasteiger partial charge in [-0.05, 0) is 24.5 Å². The van der Waals surface area contributed by atoms with Crippen LogP contribution in [-0.2, 0) is 0 Å². The van der Waals surface area contributed by atoms with Gasteiger partial charge in [-0.25, -0.2) is 0 Å². The van der Waals surface area contributed by atoms with Gasteiger partial charge in [0.15, 0.2) is 0 Å². The van der Waals surface area contributed by atoms with Crippen LogP contribution >= 0.6 is 12.2 Å². The highest BCUT2D eigenvalue weighted by molar-refractivity contribution is 7.80. The standard InChI is InChI=1S/C13H16N2S/c14-12(11-6-2-1-3-7-11)10-13(16)15-8-4-5-9-15/h1-3,6-7,10H,4-5,8-9,14H2/b12-10-. The molecule has 0 spiro atoms. The van der Waals surface area contributed by atoms with Gasteiger partial charge in [-0.2, -0.15) is 0 Å². The van der Waals surface area contributed by atoms with Gasteiger partial charge in [-0.15, -0.1) is 0 Å². The molecule has 3 heteroatoms. The van der Waals surface area contributed by atoms with E-state index in [1.807, 2.05) is 36.4 Å². The topological polar surface area (TPSA) is 29.3 Å². The summed E-state index contributed by atoms with van der Waals surface area (Å²) in [6.07, 6.45) is 4.37. The molecule has 2 rings (SSSR count). The van der Waals surface area contributed by atoms with E-state index in [9.17, 15) is 0 Å². The van der Waals surface area contributed by atoms with E-state index in [4.69, 9.17) is 18.0 Å². The quantitative estimate of drug-likeness (QED) is 0.627. The smallest absolute Gasteiger partial charge is 0.103 e. The van der Waals surface area contributed by atoms with Crippen molar-refractivity contribution in [1.29, 1.82) is 0 Å². The zero-order valence-electron chi connectivity index (χ0n) is 9.23. The lowest BCUT2D eigenvalue weighted by molar-refractivity contribution is 0.532. The summed E-state index contributed by atoms with van der Waals surface area (Å²) in [5, 5.41) is 0. The Kier molecular flexibility index (Phi) is 3.57. The van der Waals surface area contributed by atoms with E-state index < -0.39 is 0 Å². The molecule has 1 saturated heterocycles. The maximum absolute atomic E-state index is 6.01. The fourth-order valence-electron chi connectivity index (χ4n) is 1.88. The molecule has 0 atom stereocenters. The van der Waals surface area contributed by atoms with Crippen LogP contribution in [0.2, 0.25) is 0 Å². The van der Waals surface area contributed by atoms with Crippen molar-refractivity contribution < 1.29 is 0 Å². The fourth-order valence-corrected chi connectivity index (χ4v) is 2.19. The summed E-state index contributed by atoms with van der Waals surface area (Å²) in [4.78, 5) is 3.07. The molecule has 0 aliphatic carbocycles. The third-order valence-corrected chi connectivity index (χ3v) is 3.18. The Hall–Kier alpha value is -1.35. The summed E-state index contributed by atoms with van der Waals surface area (Å²) in [7, 11) is 0. The molecule has 1 aromatic carbocycles. The maximum Gasteiger partial charge on any atom is 0.103 e. The SMILES string of the molecule is N/C(=C\C(=S)N1CCCC1)c1ccccc1. The molecule has 2 nitrogen and oxygen atoms in total. The first-order chi connectivity index (χ1) is 7.77. The average molecular weight is 232 g/mol. The predicted molar refractivity (Wildman–Crippen MR) is 72.0 cm³/mol. The Balaban J connectivity index is 2.09. The molecule has 16 heavy (non-hydrogen) atoms. The number of hydrogen-bond donors (Lipinski definition) is 1. The Labute approximate surface area is 102 Å². The second kappa shape index (κ2) is 5.12. The number of nitrogens with two attached hydrogens (primary N) is 1. The third kappa shape index (κ3) is 2.61. The van der Waals surface area contributed by atoms with Gasteiger partial charge in [0.2, 0.25) is 0 Å². The minimum absolute atomic E-state index is 0.748. The van der Waals surface area contributed by atoms with E-state index in [1.54, 1.807) is 0 Å². The van der Waals surface area contributed by atoms with Crippen LogP contribution in [0.25, 0.3) is 5.70 Å². The molecular formula is C13H16N2S. The number of rotatable bonds is 2. The van der Waals surface area contributed by atoms with Gasteiger partial charge in [-0.3, -0.25) is 0 Å². The monoisotopic (exact) mass is 232 g/mol. The molecule has 1 aliphatic heterocycles. The minimum Gasteiger partial charge on any atom is -0.398 e. The van der Waals surface area contributed by atoms with Gasteiger partial charge in [0.1, 0.15) is 4.99 Å². The lowest BCUT2D eigenvalue weighted by Crippen LogP contribution is -2.24. The number of benzene rings is 1. The van der Waals surface area contributed by atoms with E-state index in [-0.39, 0.29) is 0 Å². The third-order valence-electron chi connectivity index (χ3n) is 2.80. The van der Waals surface area contributed by atoms with Crippen molar-refractivity contribution in [1.82, 2.24) is 4.90 Å². The summed E-state index contributed by atoms with van der Waals surface area (Å²) in [6.45, 7) is 2.13. The molecule has 0 bridgehead atoms. The van der Waals surface area contributed by atoms with Crippen LogP contribution < -0.4 is 5.73 Å². The van der Waals surface area contributed by atoms with Crippen LogP contribution in [0.4, 0.5) is 0 Å². The fraction of sp³-hybridized carbons (Fsp3) is 0.308. The maximum atomic E-state index is 6.01. The molecule has 1 aromatic rings. The zero-order valence-corrected chi connectivity index (χ0v) is 10.0. The highest BCUT2D eigenvalue weighted by Crippen LogP contribution is 2.13. The van der Waals surface area contributed by atoms with E-state index in [0.29, 0.717) is 0 Å². The van der Waals surface area contributed by atoms with Crippen molar-refractivity contribution in [2.75, 3.05) is 13.1 Å². The lowest BCUT2D eigenvalue weighted by Gasteiger charge is -2.16. The first-order valence-electron chi connectivity index (χ1n) is 5.59. The molecule has 1 fully saturated rings. The minimum atomic E-state index is 0.748. The first kappa shape index (κ1) is 11.1. The summed E-state index contributed by atoms with van der Waals surface area (Å²) in [5.74, 6) is 0. The predicted octanol–water partition coefficient (Wildman–Crippen LogP) is 2.41. The number of hydrogen-bond acceptors (Lipinski definition) is 2. The molecule has 0 aromatic heterocycles. The summed E-state index contributed by atoms with van der Waals surface area (Å²) in [6, 6.07) is 9.94. The molecule has 1 aliphatic rings. The van der Waals surface area contributed by atoms with Crippen LogP contribution in [0.3, 0.4) is 0 Å². The molecule has 0 unspecified atom stereocenters. The molecule has 0 radical (unpaired) electrons. The van der Waals surface area contributed by atoms with Crippen LogP contribution in [0.5, 0.6) is 0 Å². The summed E-state index contributed by atoms with van der Waals surface area (Å²) >= 11 is 5.36. The number of likely N-dealkylation sites (tertiary alicyclic amines) is 1. The second-order valence-corrected chi connectivity index (χ2v) is 4.42. The summed E-state index contributed by atoms with van der Waals surface area (Å²) < 4.78 is 0. The van der Waals surface area contributed by atoms with Crippen molar-refractivity contribution >= 4 is 22.9 Å². The Morgan fingerprint density at radius 2 is 1.81 bits per heavy atom. The second-order valence-electron chi connectivity index (χ2n) is 4.00. The van der Waals surface area contributed by atoms with Crippen LogP contribution in [0, 0.1) is 0 Å². The molecule has 0 amide bonds. The van der Waals surface area contributed by atoms with Crippen molar-refractivity contribution in [2.24, 2.45) is 5.73 Å². The molecule has 84 valence electrons. The molecule has 1 heterocycles. The Bertz CT molecular complexity index is 392. The molecular weight excluding hydrogens is 216 g/mol. The van der Waals surface area contributed by atoms with Crippen molar-refractivity contribution in [2.45, 2.75) is 12.8 Å². The Morgan fingerprint density at radius 1 is 1.19 bits per heavy atom. The number of nitrogens with zero attached hydrogens (tertiary/aromatic N) is 1. The molecule has 0 saturated carbocycles. The van der Waals surface area contributed by atoms with Crippen molar-refractivity contribution in [3.63, 3.8) is 0 Å². The average Bonchev–Trinajstić information content (AvgIpc) is 2.83. The van der Waals surface area contributed by atoms with E-state index >= 15 is 0 Å². The highest BCUT2D eigenvalue weighted by Gasteiger charge is 2.13. The summed E-state index contributed by atoms with van der Waals surface area (Å²) in [5.41, 5.74) is 7.79. The van der Waals surface area contributed by atoms with E-state index in [0.717, 1.165) is 29.3 Å². The number of thiocarbonyl (C=S) groups is 1. The van der Waals surface area contributed by atoms with Crippen LogP contribution in [0.1, 0.15) is 18.4 Å². The van der Waals surface area contributed by atoms with Gasteiger partial charge in [-0.1, -0.05) is 42.5 Å². The van der Waals surface area contributed by atoms with E-state index in [2.05, 4.69) is 4.90 Å². The molecule has 2 N–H and O–H groups in total. The first-order valence-corrected chi connectivity index (χ1v) is 6.00. The van der Waals surface area contributed by atoms with Gasteiger partial charge >= 0.3 is 0 Å². The lowest BCUT2D eigenvalue weighted by atomic mass is 10.1. The van der Waals surface area contributed by atoms with Gasteiger partial charge < -0.3 is 10.6 Å².